The molecule has 3 heterocycles. The highest BCUT2D eigenvalue weighted by molar-refractivity contribution is 6.10. The molecule has 0 aliphatic carbocycles. The maximum absolute atomic E-state index is 13.4. The molecule has 1 saturated heterocycles. The molecule has 0 bridgehead atoms. The Morgan fingerprint density at radius 2 is 1.77 bits per heavy atom. The lowest BCUT2D eigenvalue weighted by Gasteiger charge is -2.23. The van der Waals surface area contributed by atoms with Crippen molar-refractivity contribution in [3.63, 3.8) is 0 Å². The molecule has 138 valence electrons. The number of hydrogen-bond acceptors (Lipinski definition) is 2. The third-order valence-electron chi connectivity index (χ3n) is 5.64. The molecule has 1 amide bonds. The fraction of sp³-hybridized carbons (Fsp3) is 0.476. The minimum atomic E-state index is 0.161. The van der Waals surface area contributed by atoms with Gasteiger partial charge in [0.05, 0.1) is 16.6 Å². The Balaban J connectivity index is 1.86. The average molecular weight is 352 g/mol. The zero-order chi connectivity index (χ0) is 18.4. The topological polar surface area (TPSA) is 33.4 Å². The van der Waals surface area contributed by atoms with Crippen LogP contribution in [0.1, 0.15) is 36.8 Å². The van der Waals surface area contributed by atoms with Gasteiger partial charge in [-0.05, 0) is 46.0 Å². The van der Waals surface area contributed by atoms with Crippen LogP contribution in [-0.4, -0.2) is 58.1 Å². The first-order chi connectivity index (χ1) is 12.5. The van der Waals surface area contributed by atoms with E-state index < -0.39 is 0 Å². The third kappa shape index (κ3) is 2.62. The second-order valence-corrected chi connectivity index (χ2v) is 7.75. The summed E-state index contributed by atoms with van der Waals surface area (Å²) < 4.78 is 4.44. The molecule has 0 spiro atoms. The standard InChI is InChI=1S/C21H28N4O/c1-15(2)25-19(21(26)24-11-7-10-22(3)12-13-24)14-18-20(25)16-8-5-6-9-17(16)23(18)4/h5-6,8-9,14-15H,7,10-13H2,1-4H3. The van der Waals surface area contributed by atoms with Crippen LogP contribution in [0.15, 0.2) is 30.3 Å². The lowest BCUT2D eigenvalue weighted by atomic mass is 10.2. The van der Waals surface area contributed by atoms with E-state index in [0.29, 0.717) is 0 Å². The molecule has 26 heavy (non-hydrogen) atoms. The summed E-state index contributed by atoms with van der Waals surface area (Å²) in [4.78, 5) is 17.7. The molecule has 4 rings (SSSR count). The number of nitrogens with zero attached hydrogens (tertiary/aromatic N) is 4. The van der Waals surface area contributed by atoms with E-state index >= 15 is 0 Å². The van der Waals surface area contributed by atoms with Gasteiger partial charge in [-0.1, -0.05) is 18.2 Å². The number of likely N-dealkylation sites (N-methyl/N-ethyl adjacent to an activating group) is 1. The molecule has 5 heteroatoms. The number of aryl methyl sites for hydroxylation is 1. The number of hydrogen-bond donors (Lipinski definition) is 0. The highest BCUT2D eigenvalue weighted by Gasteiger charge is 2.26. The highest BCUT2D eigenvalue weighted by atomic mass is 16.2. The van der Waals surface area contributed by atoms with Crippen LogP contribution < -0.4 is 0 Å². The van der Waals surface area contributed by atoms with Crippen molar-refractivity contribution >= 4 is 27.8 Å². The van der Waals surface area contributed by atoms with E-state index in [-0.39, 0.29) is 11.9 Å². The molecule has 2 aromatic heterocycles. The number of para-hydroxylation sites is 1. The van der Waals surface area contributed by atoms with Crippen LogP contribution in [-0.2, 0) is 7.05 Å². The van der Waals surface area contributed by atoms with E-state index in [1.54, 1.807) is 0 Å². The van der Waals surface area contributed by atoms with E-state index in [0.717, 1.165) is 43.8 Å². The molecule has 0 atom stereocenters. The summed E-state index contributed by atoms with van der Waals surface area (Å²) in [5.74, 6) is 0.161. The van der Waals surface area contributed by atoms with Crippen LogP contribution in [0, 0.1) is 0 Å². The summed E-state index contributed by atoms with van der Waals surface area (Å²) in [7, 11) is 4.22. The Labute approximate surface area is 154 Å². The van der Waals surface area contributed by atoms with E-state index in [2.05, 4.69) is 72.3 Å². The van der Waals surface area contributed by atoms with Gasteiger partial charge in [-0.15, -0.1) is 0 Å². The van der Waals surface area contributed by atoms with Gasteiger partial charge in [-0.2, -0.15) is 0 Å². The maximum Gasteiger partial charge on any atom is 0.270 e. The van der Waals surface area contributed by atoms with Crippen LogP contribution in [0.4, 0.5) is 0 Å². The van der Waals surface area contributed by atoms with Crippen molar-refractivity contribution in [3.8, 4) is 0 Å². The molecule has 5 nitrogen and oxygen atoms in total. The fourth-order valence-corrected chi connectivity index (χ4v) is 4.24. The van der Waals surface area contributed by atoms with Crippen molar-refractivity contribution in [1.82, 2.24) is 18.9 Å². The second kappa shape index (κ2) is 6.47. The van der Waals surface area contributed by atoms with Gasteiger partial charge >= 0.3 is 0 Å². The molecule has 1 fully saturated rings. The number of benzene rings is 1. The smallest absolute Gasteiger partial charge is 0.270 e. The Hall–Kier alpha value is -2.27. The number of rotatable bonds is 2. The van der Waals surface area contributed by atoms with E-state index in [1.165, 1.54) is 16.4 Å². The first-order valence-corrected chi connectivity index (χ1v) is 9.55. The summed E-state index contributed by atoms with van der Waals surface area (Å²) in [6.07, 6.45) is 1.03. The van der Waals surface area contributed by atoms with Crippen molar-refractivity contribution in [2.75, 3.05) is 33.2 Å². The lowest BCUT2D eigenvalue weighted by Crippen LogP contribution is -2.35. The van der Waals surface area contributed by atoms with Gasteiger partial charge in [0, 0.05) is 38.1 Å². The number of fused-ring (bicyclic) bond motifs is 3. The van der Waals surface area contributed by atoms with E-state index in [4.69, 9.17) is 0 Å². The van der Waals surface area contributed by atoms with Gasteiger partial charge in [0.1, 0.15) is 5.69 Å². The minimum absolute atomic E-state index is 0.161. The first kappa shape index (κ1) is 17.2. The minimum Gasteiger partial charge on any atom is -0.342 e. The highest BCUT2D eigenvalue weighted by Crippen LogP contribution is 2.33. The van der Waals surface area contributed by atoms with Crippen molar-refractivity contribution in [2.45, 2.75) is 26.3 Å². The predicted octanol–water partition coefficient (Wildman–Crippen LogP) is 3.49. The molecule has 0 radical (unpaired) electrons. The second-order valence-electron chi connectivity index (χ2n) is 7.75. The summed E-state index contributed by atoms with van der Waals surface area (Å²) in [5.41, 5.74) is 4.33. The maximum atomic E-state index is 13.4. The molecule has 0 saturated carbocycles. The van der Waals surface area contributed by atoms with E-state index in [9.17, 15) is 4.79 Å². The molecule has 1 aromatic carbocycles. The number of amides is 1. The summed E-state index contributed by atoms with van der Waals surface area (Å²) >= 11 is 0. The molecule has 3 aromatic rings. The van der Waals surface area contributed by atoms with Crippen molar-refractivity contribution in [1.29, 1.82) is 0 Å². The van der Waals surface area contributed by atoms with Crippen LogP contribution in [0.2, 0.25) is 0 Å². The Kier molecular flexibility index (Phi) is 4.27. The molecule has 0 N–H and O–H groups in total. The van der Waals surface area contributed by atoms with Crippen LogP contribution in [0.3, 0.4) is 0 Å². The number of aromatic nitrogens is 2. The quantitative estimate of drug-likeness (QED) is 0.707. The summed E-state index contributed by atoms with van der Waals surface area (Å²) in [5, 5.41) is 1.22. The van der Waals surface area contributed by atoms with E-state index in [1.807, 2.05) is 4.90 Å². The average Bonchev–Trinajstić information content (AvgIpc) is 3.05. The summed E-state index contributed by atoms with van der Waals surface area (Å²) in [6.45, 7) is 7.96. The Morgan fingerprint density at radius 3 is 2.54 bits per heavy atom. The van der Waals surface area contributed by atoms with Gasteiger partial charge in [0.2, 0.25) is 0 Å². The van der Waals surface area contributed by atoms with Crippen molar-refractivity contribution in [3.05, 3.63) is 36.0 Å². The zero-order valence-corrected chi connectivity index (χ0v) is 16.2. The molecular formula is C21H28N4O. The number of carbonyl (C=O) groups excluding carboxylic acids is 1. The van der Waals surface area contributed by atoms with Crippen molar-refractivity contribution < 1.29 is 4.79 Å². The Morgan fingerprint density at radius 1 is 1.00 bits per heavy atom. The predicted molar refractivity (Wildman–Crippen MR) is 107 cm³/mol. The zero-order valence-electron chi connectivity index (χ0n) is 16.2. The summed E-state index contributed by atoms with van der Waals surface area (Å²) in [6, 6.07) is 10.8. The van der Waals surface area contributed by atoms with Gasteiger partial charge < -0.3 is 18.9 Å². The monoisotopic (exact) mass is 352 g/mol. The largest absolute Gasteiger partial charge is 0.342 e. The van der Waals surface area contributed by atoms with Gasteiger partial charge in [0.15, 0.2) is 0 Å². The lowest BCUT2D eigenvalue weighted by molar-refractivity contribution is 0.0751. The van der Waals surface area contributed by atoms with Gasteiger partial charge in [0.25, 0.3) is 5.91 Å². The molecule has 1 aliphatic heterocycles. The van der Waals surface area contributed by atoms with Crippen LogP contribution in [0.5, 0.6) is 0 Å². The SMILES string of the molecule is CC(C)n1c(C(=O)N2CCCN(C)CC2)cc2c1c1ccccc1n2C. The van der Waals surface area contributed by atoms with Crippen molar-refractivity contribution in [2.24, 2.45) is 7.05 Å². The molecule has 0 unspecified atom stereocenters. The molecule has 1 aliphatic rings. The first-order valence-electron chi connectivity index (χ1n) is 9.55. The third-order valence-corrected chi connectivity index (χ3v) is 5.64. The molecular weight excluding hydrogens is 324 g/mol. The normalized spacial score (nSPS) is 16.7. The van der Waals surface area contributed by atoms with Gasteiger partial charge in [-0.25, -0.2) is 0 Å². The number of carbonyl (C=O) groups is 1. The Bertz CT molecular complexity index is 965. The van der Waals surface area contributed by atoms with Crippen LogP contribution in [0.25, 0.3) is 21.9 Å². The van der Waals surface area contributed by atoms with Crippen LogP contribution >= 0.6 is 0 Å². The fourth-order valence-electron chi connectivity index (χ4n) is 4.24. The van der Waals surface area contributed by atoms with Gasteiger partial charge in [-0.3, -0.25) is 4.79 Å².